The summed E-state index contributed by atoms with van der Waals surface area (Å²) in [7, 11) is 0. The van der Waals surface area contributed by atoms with Gasteiger partial charge in [0, 0.05) is 37.3 Å². The van der Waals surface area contributed by atoms with Gasteiger partial charge in [-0.3, -0.25) is 14.3 Å². The summed E-state index contributed by atoms with van der Waals surface area (Å²) in [5, 5.41) is 7.94. The maximum Gasteiger partial charge on any atom is 0.272 e. The molecule has 1 aliphatic heterocycles. The molecule has 0 bridgehead atoms. The molecule has 0 saturated carbocycles. The average molecular weight is 423 g/mol. The van der Waals surface area contributed by atoms with E-state index < -0.39 is 0 Å². The Morgan fingerprint density at radius 1 is 1.03 bits per heavy atom. The third-order valence-electron chi connectivity index (χ3n) is 5.15. The number of nitrogens with one attached hydrogen (secondary N) is 1. The van der Waals surface area contributed by atoms with Crippen molar-refractivity contribution in [2.75, 3.05) is 13.1 Å². The quantitative estimate of drug-likeness (QED) is 0.660. The van der Waals surface area contributed by atoms with E-state index >= 15 is 0 Å². The van der Waals surface area contributed by atoms with Crippen LogP contribution in [0.25, 0.3) is 0 Å². The molecule has 0 spiro atoms. The maximum atomic E-state index is 13.1. The average Bonchev–Trinajstić information content (AvgIpc) is 3.13. The minimum Gasteiger partial charge on any atom is -0.350 e. The molecule has 0 saturated heterocycles. The van der Waals surface area contributed by atoms with Gasteiger partial charge in [0.25, 0.3) is 11.8 Å². The van der Waals surface area contributed by atoms with E-state index in [0.717, 1.165) is 24.0 Å². The van der Waals surface area contributed by atoms with Gasteiger partial charge in [0.05, 0.1) is 0 Å². The Morgan fingerprint density at radius 2 is 1.80 bits per heavy atom. The lowest BCUT2D eigenvalue weighted by Gasteiger charge is -2.20. The van der Waals surface area contributed by atoms with E-state index in [9.17, 15) is 9.59 Å². The standard InChI is InChI=1S/C23H23ClN4O2/c24-19-9-7-18(8-10-19)16-27-13-4-14-28-21(23(27)30)15-20(26-28)22(29)25-12-11-17-5-2-1-3-6-17/h1-3,5-10,15H,4,11-14,16H2,(H,25,29). The fourth-order valence-electron chi connectivity index (χ4n) is 3.56. The molecule has 6 nitrogen and oxygen atoms in total. The second-order valence-corrected chi connectivity index (χ2v) is 7.77. The van der Waals surface area contributed by atoms with Gasteiger partial charge in [0.2, 0.25) is 0 Å². The number of carbonyl (C=O) groups is 2. The Kier molecular flexibility index (Phi) is 6.14. The zero-order valence-corrected chi connectivity index (χ0v) is 17.3. The van der Waals surface area contributed by atoms with Crippen LogP contribution < -0.4 is 5.32 Å². The predicted octanol–water partition coefficient (Wildman–Crippen LogP) is 3.56. The SMILES string of the molecule is O=C(NCCc1ccccc1)c1cc2n(n1)CCCN(Cc1ccc(Cl)cc1)C2=O. The molecule has 4 rings (SSSR count). The molecule has 0 radical (unpaired) electrons. The van der Waals surface area contributed by atoms with Crippen molar-refractivity contribution in [3.05, 3.63) is 88.2 Å². The van der Waals surface area contributed by atoms with Crippen LogP contribution in [0.3, 0.4) is 0 Å². The summed E-state index contributed by atoms with van der Waals surface area (Å²) in [5.74, 6) is -0.373. The number of nitrogens with zero attached hydrogens (tertiary/aromatic N) is 3. The summed E-state index contributed by atoms with van der Waals surface area (Å²) in [4.78, 5) is 27.4. The van der Waals surface area contributed by atoms with Crippen molar-refractivity contribution in [2.45, 2.75) is 25.9 Å². The summed E-state index contributed by atoms with van der Waals surface area (Å²) in [6.07, 6.45) is 1.52. The van der Waals surface area contributed by atoms with Gasteiger partial charge in [0.15, 0.2) is 5.69 Å². The topological polar surface area (TPSA) is 67.2 Å². The predicted molar refractivity (Wildman–Crippen MR) is 116 cm³/mol. The van der Waals surface area contributed by atoms with Gasteiger partial charge in [-0.05, 0) is 36.1 Å². The van der Waals surface area contributed by atoms with E-state index in [0.29, 0.717) is 36.9 Å². The van der Waals surface area contributed by atoms with Crippen LogP contribution >= 0.6 is 11.6 Å². The third-order valence-corrected chi connectivity index (χ3v) is 5.40. The number of benzene rings is 2. The van der Waals surface area contributed by atoms with Crippen LogP contribution in [0.15, 0.2) is 60.7 Å². The number of aryl methyl sites for hydroxylation is 1. The van der Waals surface area contributed by atoms with Crippen molar-refractivity contribution in [1.82, 2.24) is 20.0 Å². The highest BCUT2D eigenvalue weighted by Crippen LogP contribution is 2.18. The van der Waals surface area contributed by atoms with Crippen molar-refractivity contribution in [3.8, 4) is 0 Å². The van der Waals surface area contributed by atoms with Crippen LogP contribution in [-0.2, 0) is 19.5 Å². The van der Waals surface area contributed by atoms with Gasteiger partial charge in [0.1, 0.15) is 5.69 Å². The molecule has 2 heterocycles. The number of aromatic nitrogens is 2. The Morgan fingerprint density at radius 3 is 2.57 bits per heavy atom. The molecule has 1 aromatic heterocycles. The van der Waals surface area contributed by atoms with Gasteiger partial charge < -0.3 is 10.2 Å². The Hall–Kier alpha value is -3.12. The number of halogens is 1. The number of hydrogen-bond acceptors (Lipinski definition) is 3. The van der Waals surface area contributed by atoms with Crippen molar-refractivity contribution in [1.29, 1.82) is 0 Å². The van der Waals surface area contributed by atoms with Crippen LogP contribution in [0.2, 0.25) is 5.02 Å². The molecule has 2 amide bonds. The van der Waals surface area contributed by atoms with E-state index in [2.05, 4.69) is 10.4 Å². The van der Waals surface area contributed by atoms with Crippen molar-refractivity contribution in [3.63, 3.8) is 0 Å². The van der Waals surface area contributed by atoms with Gasteiger partial charge in [-0.2, -0.15) is 5.10 Å². The first-order valence-electron chi connectivity index (χ1n) is 10.0. The zero-order chi connectivity index (χ0) is 20.9. The lowest BCUT2D eigenvalue weighted by molar-refractivity contribution is 0.0745. The minimum atomic E-state index is -0.261. The fourth-order valence-corrected chi connectivity index (χ4v) is 3.69. The first kappa shape index (κ1) is 20.2. The van der Waals surface area contributed by atoms with Gasteiger partial charge >= 0.3 is 0 Å². The normalized spacial score (nSPS) is 13.6. The second kappa shape index (κ2) is 9.13. The molecule has 3 aromatic rings. The number of fused-ring (bicyclic) bond motifs is 1. The van der Waals surface area contributed by atoms with E-state index in [-0.39, 0.29) is 17.5 Å². The van der Waals surface area contributed by atoms with Gasteiger partial charge in [-0.1, -0.05) is 54.1 Å². The van der Waals surface area contributed by atoms with E-state index in [1.165, 1.54) is 0 Å². The first-order valence-corrected chi connectivity index (χ1v) is 10.4. The van der Waals surface area contributed by atoms with Crippen molar-refractivity contribution < 1.29 is 9.59 Å². The van der Waals surface area contributed by atoms with Crippen molar-refractivity contribution in [2.24, 2.45) is 0 Å². The molecule has 1 N–H and O–H groups in total. The van der Waals surface area contributed by atoms with Crippen LogP contribution in [-0.4, -0.2) is 39.6 Å². The maximum absolute atomic E-state index is 13.1. The lowest BCUT2D eigenvalue weighted by Crippen LogP contribution is -2.30. The Bertz CT molecular complexity index is 1030. The van der Waals surface area contributed by atoms with Crippen LogP contribution in [0.4, 0.5) is 0 Å². The molecular weight excluding hydrogens is 400 g/mol. The first-order chi connectivity index (χ1) is 14.6. The molecule has 0 aliphatic carbocycles. The molecule has 1 aliphatic rings. The summed E-state index contributed by atoms with van der Waals surface area (Å²) < 4.78 is 1.65. The summed E-state index contributed by atoms with van der Waals surface area (Å²) in [6, 6.07) is 19.1. The minimum absolute atomic E-state index is 0.113. The number of amides is 2. The monoisotopic (exact) mass is 422 g/mol. The number of carbonyl (C=O) groups excluding carboxylic acids is 2. The number of hydrogen-bond donors (Lipinski definition) is 1. The molecular formula is C23H23ClN4O2. The second-order valence-electron chi connectivity index (χ2n) is 7.34. The highest BCUT2D eigenvalue weighted by Gasteiger charge is 2.26. The Labute approximate surface area is 180 Å². The number of rotatable bonds is 6. The molecule has 154 valence electrons. The van der Waals surface area contributed by atoms with Gasteiger partial charge in [-0.25, -0.2) is 0 Å². The van der Waals surface area contributed by atoms with E-state index in [1.54, 1.807) is 15.6 Å². The van der Waals surface area contributed by atoms with Crippen LogP contribution in [0.5, 0.6) is 0 Å². The molecule has 30 heavy (non-hydrogen) atoms. The lowest BCUT2D eigenvalue weighted by atomic mass is 10.1. The van der Waals surface area contributed by atoms with Crippen molar-refractivity contribution >= 4 is 23.4 Å². The highest BCUT2D eigenvalue weighted by molar-refractivity contribution is 6.30. The van der Waals surface area contributed by atoms with Gasteiger partial charge in [-0.15, -0.1) is 0 Å². The van der Waals surface area contributed by atoms with E-state index in [4.69, 9.17) is 11.6 Å². The van der Waals surface area contributed by atoms with Crippen LogP contribution in [0.1, 0.15) is 38.5 Å². The summed E-state index contributed by atoms with van der Waals surface area (Å²) >= 11 is 5.95. The summed E-state index contributed by atoms with van der Waals surface area (Å²) in [6.45, 7) is 2.26. The zero-order valence-electron chi connectivity index (χ0n) is 16.6. The third kappa shape index (κ3) is 4.71. The largest absolute Gasteiger partial charge is 0.350 e. The Balaban J connectivity index is 1.41. The molecule has 0 fully saturated rings. The molecule has 7 heteroatoms. The summed E-state index contributed by atoms with van der Waals surface area (Å²) in [5.41, 5.74) is 2.90. The molecule has 0 unspecified atom stereocenters. The smallest absolute Gasteiger partial charge is 0.272 e. The van der Waals surface area contributed by atoms with Crippen LogP contribution in [0, 0.1) is 0 Å². The fraction of sp³-hybridized carbons (Fsp3) is 0.261. The highest BCUT2D eigenvalue weighted by atomic mass is 35.5. The molecule has 2 aromatic carbocycles. The molecule has 0 atom stereocenters. The van der Waals surface area contributed by atoms with E-state index in [1.807, 2.05) is 54.6 Å².